The number of halogens is 3. The van der Waals surface area contributed by atoms with Crippen LogP contribution in [0.4, 0.5) is 14.6 Å². The van der Waals surface area contributed by atoms with Crippen LogP contribution in [0.3, 0.4) is 0 Å². The number of alkyl halides is 1. The minimum atomic E-state index is -0.771. The van der Waals surface area contributed by atoms with Gasteiger partial charge in [0.2, 0.25) is 5.91 Å². The molecule has 3 rings (SSSR count). The Bertz CT molecular complexity index is 859. The topological polar surface area (TPSA) is 57.0 Å². The third-order valence-electron chi connectivity index (χ3n) is 4.20. The van der Waals surface area contributed by atoms with Crippen molar-refractivity contribution in [2.75, 3.05) is 10.8 Å². The van der Waals surface area contributed by atoms with Crippen LogP contribution >= 0.6 is 11.6 Å². The van der Waals surface area contributed by atoms with Crippen LogP contribution in [0.1, 0.15) is 28.8 Å². The molecule has 0 aliphatic heterocycles. The van der Waals surface area contributed by atoms with E-state index in [4.69, 9.17) is 11.6 Å². The van der Waals surface area contributed by atoms with Crippen LogP contribution < -0.4 is 4.90 Å². The quantitative estimate of drug-likeness (QED) is 0.783. The molecule has 0 bridgehead atoms. The molecular weight excluding hydrogens is 348 g/mol. The van der Waals surface area contributed by atoms with Crippen molar-refractivity contribution in [1.82, 2.24) is 4.98 Å². The van der Waals surface area contributed by atoms with Gasteiger partial charge in [0.25, 0.3) is 0 Å². The molecule has 25 heavy (non-hydrogen) atoms. The number of nitrogens with zero attached hydrogens (tertiary/aromatic N) is 3. The van der Waals surface area contributed by atoms with Crippen molar-refractivity contribution in [2.45, 2.75) is 25.8 Å². The van der Waals surface area contributed by atoms with Crippen LogP contribution in [0.25, 0.3) is 0 Å². The van der Waals surface area contributed by atoms with Crippen molar-refractivity contribution in [3.8, 4) is 6.07 Å². The Labute approximate surface area is 148 Å². The number of hydrogen-bond donors (Lipinski definition) is 0. The SMILES string of the molecule is N#Cc1cc2c(nc1N(Cc1c(F)cccc1F)C(=O)CCl)CCC2. The molecule has 1 heterocycles. The highest BCUT2D eigenvalue weighted by Crippen LogP contribution is 2.29. The summed E-state index contributed by atoms with van der Waals surface area (Å²) in [4.78, 5) is 17.8. The average molecular weight is 362 g/mol. The van der Waals surface area contributed by atoms with E-state index in [9.17, 15) is 18.8 Å². The summed E-state index contributed by atoms with van der Waals surface area (Å²) in [6, 6.07) is 7.18. The number of fused-ring (bicyclic) bond motifs is 1. The highest BCUT2D eigenvalue weighted by molar-refractivity contribution is 6.29. The number of hydrogen-bond acceptors (Lipinski definition) is 3. The fourth-order valence-corrected chi connectivity index (χ4v) is 3.09. The molecule has 1 amide bonds. The van der Waals surface area contributed by atoms with E-state index in [1.807, 2.05) is 6.07 Å². The molecule has 0 N–H and O–H groups in total. The number of amides is 1. The maximum absolute atomic E-state index is 14.0. The van der Waals surface area contributed by atoms with E-state index >= 15 is 0 Å². The number of rotatable bonds is 4. The first-order chi connectivity index (χ1) is 12.0. The lowest BCUT2D eigenvalue weighted by Crippen LogP contribution is -2.33. The molecule has 4 nitrogen and oxygen atoms in total. The summed E-state index contributed by atoms with van der Waals surface area (Å²) in [5, 5.41) is 9.42. The van der Waals surface area contributed by atoms with E-state index in [1.54, 1.807) is 6.07 Å². The van der Waals surface area contributed by atoms with Crippen molar-refractivity contribution in [2.24, 2.45) is 0 Å². The first kappa shape index (κ1) is 17.3. The van der Waals surface area contributed by atoms with Crippen LogP contribution in [-0.2, 0) is 24.2 Å². The molecule has 0 fully saturated rings. The molecule has 0 atom stereocenters. The van der Waals surface area contributed by atoms with Crippen molar-refractivity contribution < 1.29 is 13.6 Å². The van der Waals surface area contributed by atoms with Crippen LogP contribution in [0, 0.1) is 23.0 Å². The Morgan fingerprint density at radius 1 is 1.32 bits per heavy atom. The Hall–Kier alpha value is -2.52. The molecule has 1 aliphatic rings. The maximum Gasteiger partial charge on any atom is 0.243 e. The van der Waals surface area contributed by atoms with Crippen LogP contribution in [0.2, 0.25) is 0 Å². The molecule has 2 aromatic rings. The molecule has 0 saturated heterocycles. The number of aromatic nitrogens is 1. The number of anilines is 1. The Balaban J connectivity index is 2.09. The number of nitriles is 1. The van der Waals surface area contributed by atoms with Gasteiger partial charge in [-0.1, -0.05) is 6.07 Å². The van der Waals surface area contributed by atoms with E-state index in [2.05, 4.69) is 4.98 Å². The van der Waals surface area contributed by atoms with Crippen molar-refractivity contribution in [1.29, 1.82) is 5.26 Å². The van der Waals surface area contributed by atoms with Gasteiger partial charge < -0.3 is 0 Å². The summed E-state index contributed by atoms with van der Waals surface area (Å²) in [6.45, 7) is -0.384. The number of aryl methyl sites for hydroxylation is 2. The van der Waals surface area contributed by atoms with Gasteiger partial charge in [0, 0.05) is 11.3 Å². The molecule has 128 valence electrons. The van der Waals surface area contributed by atoms with Crippen LogP contribution in [0.5, 0.6) is 0 Å². The van der Waals surface area contributed by atoms with E-state index in [0.717, 1.165) is 47.6 Å². The monoisotopic (exact) mass is 361 g/mol. The average Bonchev–Trinajstić information content (AvgIpc) is 3.07. The third kappa shape index (κ3) is 3.33. The largest absolute Gasteiger partial charge is 0.290 e. The Morgan fingerprint density at radius 3 is 2.68 bits per heavy atom. The summed E-state index contributed by atoms with van der Waals surface area (Å²) in [5.74, 6) is -2.42. The Kier molecular flexibility index (Phi) is 4.95. The zero-order chi connectivity index (χ0) is 18.0. The lowest BCUT2D eigenvalue weighted by atomic mass is 10.1. The summed E-state index contributed by atoms with van der Waals surface area (Å²) < 4.78 is 28.0. The minimum Gasteiger partial charge on any atom is -0.290 e. The lowest BCUT2D eigenvalue weighted by molar-refractivity contribution is -0.116. The van der Waals surface area contributed by atoms with Crippen molar-refractivity contribution in [3.63, 3.8) is 0 Å². The third-order valence-corrected chi connectivity index (χ3v) is 4.43. The van der Waals surface area contributed by atoms with Gasteiger partial charge in [-0.05, 0) is 43.0 Å². The zero-order valence-electron chi connectivity index (χ0n) is 13.2. The van der Waals surface area contributed by atoms with Gasteiger partial charge in [0.1, 0.15) is 23.6 Å². The summed E-state index contributed by atoms with van der Waals surface area (Å²) in [6.07, 6.45) is 2.48. The second-order valence-corrected chi connectivity index (χ2v) is 6.01. The summed E-state index contributed by atoms with van der Waals surface area (Å²) >= 11 is 5.67. The molecule has 0 saturated carbocycles. The van der Waals surface area contributed by atoms with Gasteiger partial charge in [-0.2, -0.15) is 5.26 Å². The fraction of sp³-hybridized carbons (Fsp3) is 0.278. The zero-order valence-corrected chi connectivity index (χ0v) is 14.0. The molecule has 0 radical (unpaired) electrons. The molecule has 1 aromatic heterocycles. The van der Waals surface area contributed by atoms with Gasteiger partial charge >= 0.3 is 0 Å². The highest BCUT2D eigenvalue weighted by atomic mass is 35.5. The standard InChI is InChI=1S/C18H14ClF2N3O/c19-8-17(25)24(10-13-14(20)4-2-5-15(13)21)18-12(9-22)7-11-3-1-6-16(11)23-18/h2,4-5,7H,1,3,6,8,10H2. The van der Waals surface area contributed by atoms with E-state index in [-0.39, 0.29) is 29.4 Å². The predicted octanol–water partition coefficient (Wildman–Crippen LogP) is 3.49. The molecular formula is C18H14ClF2N3O. The lowest BCUT2D eigenvalue weighted by Gasteiger charge is -2.23. The van der Waals surface area contributed by atoms with Crippen molar-refractivity contribution in [3.05, 3.63) is 58.3 Å². The van der Waals surface area contributed by atoms with E-state index < -0.39 is 17.5 Å². The molecule has 0 unspecified atom stereocenters. The second-order valence-electron chi connectivity index (χ2n) is 5.74. The molecule has 0 spiro atoms. The molecule has 1 aliphatic carbocycles. The smallest absolute Gasteiger partial charge is 0.243 e. The normalized spacial score (nSPS) is 12.6. The predicted molar refractivity (Wildman–Crippen MR) is 89.2 cm³/mol. The first-order valence-electron chi connectivity index (χ1n) is 7.77. The van der Waals surface area contributed by atoms with Crippen molar-refractivity contribution >= 4 is 23.3 Å². The molecule has 1 aromatic carbocycles. The van der Waals surface area contributed by atoms with Crippen LogP contribution in [0.15, 0.2) is 24.3 Å². The van der Waals surface area contributed by atoms with E-state index in [1.165, 1.54) is 6.07 Å². The van der Waals surface area contributed by atoms with Gasteiger partial charge in [0.05, 0.1) is 12.1 Å². The van der Waals surface area contributed by atoms with Gasteiger partial charge in [-0.3, -0.25) is 9.69 Å². The van der Waals surface area contributed by atoms with Gasteiger partial charge in [-0.25, -0.2) is 13.8 Å². The van der Waals surface area contributed by atoms with E-state index in [0.29, 0.717) is 0 Å². The fourth-order valence-electron chi connectivity index (χ4n) is 2.94. The summed E-state index contributed by atoms with van der Waals surface area (Å²) in [5.41, 5.74) is 1.69. The van der Waals surface area contributed by atoms with Crippen LogP contribution in [-0.4, -0.2) is 16.8 Å². The number of benzene rings is 1. The number of carbonyl (C=O) groups is 1. The first-order valence-corrected chi connectivity index (χ1v) is 8.30. The van der Waals surface area contributed by atoms with Gasteiger partial charge in [-0.15, -0.1) is 11.6 Å². The highest BCUT2D eigenvalue weighted by Gasteiger charge is 2.25. The maximum atomic E-state index is 14.0. The summed E-state index contributed by atoms with van der Waals surface area (Å²) in [7, 11) is 0. The molecule has 7 heteroatoms. The second kappa shape index (κ2) is 7.16. The number of carbonyl (C=O) groups excluding carboxylic acids is 1. The number of pyridine rings is 1. The minimum absolute atomic E-state index is 0.0939. The Morgan fingerprint density at radius 2 is 2.04 bits per heavy atom. The van der Waals surface area contributed by atoms with Gasteiger partial charge in [0.15, 0.2) is 5.82 Å².